The fourth-order valence-corrected chi connectivity index (χ4v) is 1.40. The Labute approximate surface area is 87.3 Å². The summed E-state index contributed by atoms with van der Waals surface area (Å²) in [5, 5.41) is -0.219. The summed E-state index contributed by atoms with van der Waals surface area (Å²) in [5.41, 5.74) is 4.86. The summed E-state index contributed by atoms with van der Waals surface area (Å²) in [6.45, 7) is 0. The highest BCUT2D eigenvalue weighted by molar-refractivity contribution is 5.83. The molecule has 0 unspecified atom stereocenters. The van der Waals surface area contributed by atoms with Crippen LogP contribution in [-0.4, -0.2) is 0 Å². The highest BCUT2D eigenvalue weighted by Gasteiger charge is 2.33. The summed E-state index contributed by atoms with van der Waals surface area (Å²) < 4.78 is 42.3. The van der Waals surface area contributed by atoms with Gasteiger partial charge in [0.15, 0.2) is 0 Å². The largest absolute Gasteiger partial charge is 0.423 e. The monoisotopic (exact) mass is 228 g/mol. The van der Waals surface area contributed by atoms with Crippen molar-refractivity contribution in [3.63, 3.8) is 0 Å². The zero-order valence-corrected chi connectivity index (χ0v) is 7.76. The minimum absolute atomic E-state index is 0.0185. The lowest BCUT2D eigenvalue weighted by molar-refractivity contribution is -0.136. The molecule has 0 aliphatic rings. The third-order valence-corrected chi connectivity index (χ3v) is 2.05. The Bertz CT molecular complexity index is 601. The van der Waals surface area contributed by atoms with Crippen LogP contribution in [0, 0.1) is 0 Å². The molecule has 0 spiro atoms. The van der Waals surface area contributed by atoms with Crippen LogP contribution in [0.4, 0.5) is 18.9 Å². The Balaban J connectivity index is 2.89. The molecule has 1 aromatic carbocycles. The Hall–Kier alpha value is -1.98. The molecular formula is C10H5F3NO2. The SMILES string of the molecule is [NH]c1ccc2c(C(F)(F)F)cc(=O)oc2c1. The van der Waals surface area contributed by atoms with Crippen molar-refractivity contribution in [1.82, 2.24) is 5.73 Å². The lowest BCUT2D eigenvalue weighted by Crippen LogP contribution is -2.10. The van der Waals surface area contributed by atoms with Crippen molar-refractivity contribution in [2.45, 2.75) is 6.18 Å². The lowest BCUT2D eigenvalue weighted by atomic mass is 10.1. The van der Waals surface area contributed by atoms with Gasteiger partial charge in [-0.25, -0.2) is 4.79 Å². The third-order valence-electron chi connectivity index (χ3n) is 2.05. The summed E-state index contributed by atoms with van der Waals surface area (Å²) >= 11 is 0. The second kappa shape index (κ2) is 3.26. The normalized spacial score (nSPS) is 11.9. The van der Waals surface area contributed by atoms with Crippen molar-refractivity contribution in [3.8, 4) is 0 Å². The van der Waals surface area contributed by atoms with Gasteiger partial charge in [-0.1, -0.05) is 0 Å². The standard InChI is InChI=1S/C10H5F3NO2/c11-10(12,13)7-4-9(15)16-8-3-5(14)1-2-6(7)8/h1-4,14H. The fraction of sp³-hybridized carbons (Fsp3) is 0.100. The van der Waals surface area contributed by atoms with E-state index in [0.29, 0.717) is 6.07 Å². The zero-order valence-electron chi connectivity index (χ0n) is 7.76. The van der Waals surface area contributed by atoms with Crippen molar-refractivity contribution in [3.05, 3.63) is 40.2 Å². The Morgan fingerprint density at radius 2 is 1.88 bits per heavy atom. The van der Waals surface area contributed by atoms with E-state index in [9.17, 15) is 18.0 Å². The molecule has 83 valence electrons. The minimum atomic E-state index is -4.61. The van der Waals surface area contributed by atoms with E-state index in [2.05, 4.69) is 4.42 Å². The molecule has 0 aliphatic heterocycles. The molecule has 1 radical (unpaired) electrons. The molecule has 6 heteroatoms. The number of benzene rings is 1. The summed E-state index contributed by atoms with van der Waals surface area (Å²) in [6.07, 6.45) is -4.61. The van der Waals surface area contributed by atoms with E-state index < -0.39 is 17.4 Å². The summed E-state index contributed by atoms with van der Waals surface area (Å²) in [5.74, 6) is 0. The summed E-state index contributed by atoms with van der Waals surface area (Å²) in [7, 11) is 0. The number of hydrogen-bond donors (Lipinski definition) is 0. The number of alkyl halides is 3. The topological polar surface area (TPSA) is 54.0 Å². The van der Waals surface area contributed by atoms with E-state index in [-0.39, 0.29) is 16.7 Å². The maximum absolute atomic E-state index is 12.6. The van der Waals surface area contributed by atoms with E-state index in [0.717, 1.165) is 12.1 Å². The Kier molecular flexibility index (Phi) is 2.15. The summed E-state index contributed by atoms with van der Waals surface area (Å²) in [6, 6.07) is 3.80. The van der Waals surface area contributed by atoms with Gasteiger partial charge in [-0.3, -0.25) is 0 Å². The molecule has 16 heavy (non-hydrogen) atoms. The number of halogens is 3. The number of fused-ring (bicyclic) bond motifs is 1. The van der Waals surface area contributed by atoms with Crippen LogP contribution >= 0.6 is 0 Å². The van der Waals surface area contributed by atoms with Crippen molar-refractivity contribution in [2.75, 3.05) is 0 Å². The smallest absolute Gasteiger partial charge is 0.417 e. The molecule has 1 heterocycles. The van der Waals surface area contributed by atoms with Crippen LogP contribution in [0.5, 0.6) is 0 Å². The molecule has 0 amide bonds. The van der Waals surface area contributed by atoms with Crippen LogP contribution in [-0.2, 0) is 6.18 Å². The first-order chi connectivity index (χ1) is 7.38. The van der Waals surface area contributed by atoms with Crippen molar-refractivity contribution in [2.24, 2.45) is 0 Å². The van der Waals surface area contributed by atoms with Gasteiger partial charge in [0.05, 0.1) is 11.3 Å². The number of nitrogens with one attached hydrogen (secondary N) is 1. The molecule has 2 aromatic rings. The van der Waals surface area contributed by atoms with Crippen LogP contribution in [0.1, 0.15) is 5.56 Å². The average molecular weight is 228 g/mol. The van der Waals surface area contributed by atoms with Gasteiger partial charge in [0, 0.05) is 17.5 Å². The Morgan fingerprint density at radius 1 is 1.19 bits per heavy atom. The van der Waals surface area contributed by atoms with Gasteiger partial charge in [-0.2, -0.15) is 13.2 Å². The van der Waals surface area contributed by atoms with Gasteiger partial charge in [0.2, 0.25) is 0 Å². The van der Waals surface area contributed by atoms with Crippen LogP contribution in [0.25, 0.3) is 11.0 Å². The average Bonchev–Trinajstić information content (AvgIpc) is 2.14. The van der Waals surface area contributed by atoms with E-state index >= 15 is 0 Å². The highest BCUT2D eigenvalue weighted by atomic mass is 19.4. The molecule has 0 saturated carbocycles. The van der Waals surface area contributed by atoms with Gasteiger partial charge in [0.1, 0.15) is 5.58 Å². The molecule has 1 aromatic heterocycles. The van der Waals surface area contributed by atoms with E-state index in [1.807, 2.05) is 0 Å². The molecule has 1 N–H and O–H groups in total. The predicted octanol–water partition coefficient (Wildman–Crippen LogP) is 2.73. The maximum atomic E-state index is 12.6. The predicted molar refractivity (Wildman–Crippen MR) is 50.2 cm³/mol. The van der Waals surface area contributed by atoms with E-state index in [4.69, 9.17) is 5.73 Å². The molecule has 2 rings (SSSR count). The van der Waals surface area contributed by atoms with Crippen LogP contribution < -0.4 is 11.4 Å². The molecule has 0 saturated heterocycles. The van der Waals surface area contributed by atoms with E-state index in [1.54, 1.807) is 0 Å². The van der Waals surface area contributed by atoms with Crippen molar-refractivity contribution >= 4 is 16.7 Å². The van der Waals surface area contributed by atoms with Gasteiger partial charge >= 0.3 is 11.8 Å². The molecule has 0 aliphatic carbocycles. The second-order valence-corrected chi connectivity index (χ2v) is 3.19. The maximum Gasteiger partial charge on any atom is 0.417 e. The number of hydrogen-bond acceptors (Lipinski definition) is 2. The molecule has 0 bridgehead atoms. The second-order valence-electron chi connectivity index (χ2n) is 3.19. The van der Waals surface area contributed by atoms with Crippen LogP contribution in [0.3, 0.4) is 0 Å². The first-order valence-electron chi connectivity index (χ1n) is 4.24. The molecule has 0 fully saturated rings. The number of rotatable bonds is 0. The first-order valence-corrected chi connectivity index (χ1v) is 4.24. The summed E-state index contributed by atoms with van der Waals surface area (Å²) in [4.78, 5) is 10.9. The van der Waals surface area contributed by atoms with Gasteiger partial charge in [0.25, 0.3) is 0 Å². The Morgan fingerprint density at radius 3 is 2.50 bits per heavy atom. The molecular weight excluding hydrogens is 223 g/mol. The quantitative estimate of drug-likeness (QED) is 0.651. The van der Waals surface area contributed by atoms with Gasteiger partial charge < -0.3 is 10.2 Å². The third kappa shape index (κ3) is 1.73. The zero-order chi connectivity index (χ0) is 11.9. The fourth-order valence-electron chi connectivity index (χ4n) is 1.40. The van der Waals surface area contributed by atoms with Crippen molar-refractivity contribution in [1.29, 1.82) is 0 Å². The highest BCUT2D eigenvalue weighted by Crippen LogP contribution is 2.34. The lowest BCUT2D eigenvalue weighted by Gasteiger charge is -2.08. The van der Waals surface area contributed by atoms with Crippen molar-refractivity contribution < 1.29 is 17.6 Å². The van der Waals surface area contributed by atoms with Crippen LogP contribution in [0.15, 0.2) is 33.5 Å². The van der Waals surface area contributed by atoms with Gasteiger partial charge in [-0.15, -0.1) is 0 Å². The van der Waals surface area contributed by atoms with Gasteiger partial charge in [-0.05, 0) is 12.1 Å². The van der Waals surface area contributed by atoms with Crippen LogP contribution in [0.2, 0.25) is 0 Å². The minimum Gasteiger partial charge on any atom is -0.423 e. The van der Waals surface area contributed by atoms with E-state index in [1.165, 1.54) is 6.07 Å². The first kappa shape index (κ1) is 10.5. The molecule has 0 atom stereocenters. The molecule has 3 nitrogen and oxygen atoms in total.